The van der Waals surface area contributed by atoms with Crippen LogP contribution in [0.2, 0.25) is 5.15 Å². The number of nitrogens with zero attached hydrogens (tertiary/aromatic N) is 2. The molecular formula is C14H17ClN2OS. The Bertz CT molecular complexity index is 596. The highest BCUT2D eigenvalue weighted by atomic mass is 35.5. The van der Waals surface area contributed by atoms with Crippen LogP contribution in [-0.2, 0) is 26.3 Å². The minimum absolute atomic E-state index is 0.476. The number of fused-ring (bicyclic) bond motifs is 1. The summed E-state index contributed by atoms with van der Waals surface area (Å²) >= 11 is 7.96. The van der Waals surface area contributed by atoms with Gasteiger partial charge in [-0.15, -0.1) is 11.3 Å². The summed E-state index contributed by atoms with van der Waals surface area (Å²) in [6.07, 6.45) is 3.64. The van der Waals surface area contributed by atoms with E-state index in [1.54, 1.807) is 16.0 Å². The molecule has 5 heteroatoms. The number of aromatic nitrogens is 2. The number of halogens is 1. The van der Waals surface area contributed by atoms with E-state index in [1.165, 1.54) is 23.3 Å². The van der Waals surface area contributed by atoms with Gasteiger partial charge in [0.15, 0.2) is 0 Å². The van der Waals surface area contributed by atoms with E-state index in [0.717, 1.165) is 22.6 Å². The molecule has 2 heterocycles. The summed E-state index contributed by atoms with van der Waals surface area (Å²) in [6.45, 7) is 1.93. The molecule has 0 aliphatic heterocycles. The van der Waals surface area contributed by atoms with Crippen LogP contribution in [0.4, 0.5) is 0 Å². The maximum Gasteiger partial charge on any atom is 0.130 e. The first-order valence-electron chi connectivity index (χ1n) is 6.53. The molecule has 0 fully saturated rings. The Balaban J connectivity index is 1.82. The van der Waals surface area contributed by atoms with Crippen molar-refractivity contribution in [2.75, 3.05) is 0 Å². The molecule has 3 rings (SSSR count). The second-order valence-corrected chi connectivity index (χ2v) is 6.68. The molecule has 1 N–H and O–H groups in total. The molecule has 0 saturated heterocycles. The molecule has 0 bridgehead atoms. The van der Waals surface area contributed by atoms with Crippen molar-refractivity contribution in [2.45, 2.75) is 38.7 Å². The van der Waals surface area contributed by atoms with E-state index < -0.39 is 6.10 Å². The normalized spacial score (nSPS) is 15.8. The summed E-state index contributed by atoms with van der Waals surface area (Å²) in [5, 5.41) is 15.3. The third-order valence-corrected chi connectivity index (χ3v) is 5.57. The van der Waals surface area contributed by atoms with Gasteiger partial charge in [-0.2, -0.15) is 5.10 Å². The number of aliphatic hydroxyl groups excluding tert-OH is 1. The van der Waals surface area contributed by atoms with Gasteiger partial charge in [-0.3, -0.25) is 4.68 Å². The SMILES string of the molecule is Cc1nn(C)c(Cl)c1CC(O)c1cc2c(s1)CCC2. The van der Waals surface area contributed by atoms with Crippen molar-refractivity contribution in [3.05, 3.63) is 37.8 Å². The van der Waals surface area contributed by atoms with Gasteiger partial charge in [0, 0.05) is 28.8 Å². The summed E-state index contributed by atoms with van der Waals surface area (Å²) in [6, 6.07) is 2.16. The summed E-state index contributed by atoms with van der Waals surface area (Å²) in [7, 11) is 1.82. The second-order valence-electron chi connectivity index (χ2n) is 5.15. The summed E-state index contributed by atoms with van der Waals surface area (Å²) in [5.74, 6) is 0. The summed E-state index contributed by atoms with van der Waals surface area (Å²) < 4.78 is 1.66. The fourth-order valence-corrected chi connectivity index (χ4v) is 4.21. The van der Waals surface area contributed by atoms with E-state index in [0.29, 0.717) is 11.6 Å². The zero-order valence-electron chi connectivity index (χ0n) is 11.1. The topological polar surface area (TPSA) is 38.0 Å². The van der Waals surface area contributed by atoms with E-state index >= 15 is 0 Å². The maximum atomic E-state index is 10.4. The first kappa shape index (κ1) is 13.2. The van der Waals surface area contributed by atoms with Crippen molar-refractivity contribution in [1.29, 1.82) is 0 Å². The number of thiophene rings is 1. The molecule has 0 spiro atoms. The van der Waals surface area contributed by atoms with Gasteiger partial charge in [0.1, 0.15) is 5.15 Å². The number of rotatable bonds is 3. The van der Waals surface area contributed by atoms with Crippen molar-refractivity contribution in [3.63, 3.8) is 0 Å². The van der Waals surface area contributed by atoms with Gasteiger partial charge in [-0.1, -0.05) is 11.6 Å². The largest absolute Gasteiger partial charge is 0.387 e. The third kappa shape index (κ3) is 2.33. The number of hydrogen-bond donors (Lipinski definition) is 1. The first-order valence-corrected chi connectivity index (χ1v) is 7.73. The highest BCUT2D eigenvalue weighted by Crippen LogP contribution is 2.35. The van der Waals surface area contributed by atoms with Gasteiger partial charge in [-0.05, 0) is 37.8 Å². The van der Waals surface area contributed by atoms with Gasteiger partial charge in [0.25, 0.3) is 0 Å². The average Bonchev–Trinajstić information content (AvgIpc) is 2.99. The van der Waals surface area contributed by atoms with Crippen LogP contribution in [0.1, 0.15) is 39.1 Å². The van der Waals surface area contributed by atoms with E-state index in [9.17, 15) is 5.11 Å². The van der Waals surface area contributed by atoms with Crippen molar-refractivity contribution >= 4 is 22.9 Å². The van der Waals surface area contributed by atoms with Gasteiger partial charge in [0.05, 0.1) is 11.8 Å². The Kier molecular flexibility index (Phi) is 3.41. The second kappa shape index (κ2) is 4.93. The van der Waals surface area contributed by atoms with Gasteiger partial charge in [0.2, 0.25) is 0 Å². The fraction of sp³-hybridized carbons (Fsp3) is 0.500. The highest BCUT2D eigenvalue weighted by molar-refractivity contribution is 7.12. The van der Waals surface area contributed by atoms with Crippen LogP contribution in [0, 0.1) is 6.92 Å². The zero-order chi connectivity index (χ0) is 13.6. The van der Waals surface area contributed by atoms with Crippen molar-refractivity contribution in [2.24, 2.45) is 7.05 Å². The first-order chi connectivity index (χ1) is 9.06. The van der Waals surface area contributed by atoms with Crippen LogP contribution in [0.3, 0.4) is 0 Å². The Hall–Kier alpha value is -0.840. The van der Waals surface area contributed by atoms with Gasteiger partial charge in [-0.25, -0.2) is 0 Å². The molecule has 3 nitrogen and oxygen atoms in total. The summed E-state index contributed by atoms with van der Waals surface area (Å²) in [4.78, 5) is 2.51. The summed E-state index contributed by atoms with van der Waals surface area (Å²) in [5.41, 5.74) is 3.27. The Labute approximate surface area is 121 Å². The molecule has 0 aromatic carbocycles. The van der Waals surface area contributed by atoms with E-state index in [4.69, 9.17) is 11.6 Å². The maximum absolute atomic E-state index is 10.4. The van der Waals surface area contributed by atoms with Crippen LogP contribution in [0.5, 0.6) is 0 Å². The lowest BCUT2D eigenvalue weighted by Gasteiger charge is -2.08. The number of aryl methyl sites for hydroxylation is 4. The average molecular weight is 297 g/mol. The number of hydrogen-bond acceptors (Lipinski definition) is 3. The van der Waals surface area contributed by atoms with Crippen LogP contribution in [-0.4, -0.2) is 14.9 Å². The Morgan fingerprint density at radius 2 is 2.32 bits per heavy atom. The smallest absolute Gasteiger partial charge is 0.130 e. The van der Waals surface area contributed by atoms with Crippen molar-refractivity contribution in [1.82, 2.24) is 9.78 Å². The fourth-order valence-electron chi connectivity index (χ4n) is 2.72. The Morgan fingerprint density at radius 3 is 2.95 bits per heavy atom. The molecule has 0 saturated carbocycles. The minimum Gasteiger partial charge on any atom is -0.387 e. The molecule has 1 aliphatic rings. The molecular weight excluding hydrogens is 280 g/mol. The molecule has 0 radical (unpaired) electrons. The standard InChI is InChI=1S/C14H17ClN2OS/c1-8-10(14(15)17(2)16-8)7-11(18)13-6-9-4-3-5-12(9)19-13/h6,11,18H,3-5,7H2,1-2H3. The Morgan fingerprint density at radius 1 is 1.53 bits per heavy atom. The van der Waals surface area contributed by atoms with E-state index in [2.05, 4.69) is 11.2 Å². The van der Waals surface area contributed by atoms with Crippen molar-refractivity contribution in [3.8, 4) is 0 Å². The third-order valence-electron chi connectivity index (χ3n) is 3.76. The lowest BCUT2D eigenvalue weighted by molar-refractivity contribution is 0.182. The molecule has 1 atom stereocenters. The van der Waals surface area contributed by atoms with Crippen LogP contribution >= 0.6 is 22.9 Å². The minimum atomic E-state index is -0.476. The van der Waals surface area contributed by atoms with Gasteiger partial charge >= 0.3 is 0 Å². The molecule has 2 aromatic rings. The zero-order valence-corrected chi connectivity index (χ0v) is 12.7. The van der Waals surface area contributed by atoms with Crippen LogP contribution < -0.4 is 0 Å². The molecule has 0 amide bonds. The highest BCUT2D eigenvalue weighted by Gasteiger charge is 2.21. The molecule has 1 unspecified atom stereocenters. The lowest BCUT2D eigenvalue weighted by Crippen LogP contribution is -2.01. The van der Waals surface area contributed by atoms with E-state index in [1.807, 2.05) is 14.0 Å². The van der Waals surface area contributed by atoms with Crippen LogP contribution in [0.15, 0.2) is 6.07 Å². The number of aliphatic hydroxyl groups is 1. The predicted octanol–water partition coefficient (Wildman–Crippen LogP) is 3.21. The molecule has 2 aromatic heterocycles. The van der Waals surface area contributed by atoms with Gasteiger partial charge < -0.3 is 5.11 Å². The predicted molar refractivity (Wildman–Crippen MR) is 78.0 cm³/mol. The monoisotopic (exact) mass is 296 g/mol. The molecule has 1 aliphatic carbocycles. The van der Waals surface area contributed by atoms with E-state index in [-0.39, 0.29) is 0 Å². The molecule has 19 heavy (non-hydrogen) atoms. The van der Waals surface area contributed by atoms with Crippen molar-refractivity contribution < 1.29 is 5.11 Å². The van der Waals surface area contributed by atoms with Crippen LogP contribution in [0.25, 0.3) is 0 Å². The molecule has 102 valence electrons. The lowest BCUT2D eigenvalue weighted by atomic mass is 10.1. The quantitative estimate of drug-likeness (QED) is 0.944.